The maximum absolute atomic E-state index is 14.3. The Kier molecular flexibility index (Phi) is 3.69. The molecule has 4 rings (SSSR count). The molecule has 1 aliphatic rings. The Morgan fingerprint density at radius 1 is 1.20 bits per heavy atom. The lowest BCUT2D eigenvalue weighted by molar-refractivity contribution is 0.356. The minimum Gasteiger partial charge on any atom is -0.493 e. The zero-order valence-corrected chi connectivity index (χ0v) is 13.8. The van der Waals surface area contributed by atoms with E-state index < -0.39 is 15.8 Å². The Morgan fingerprint density at radius 3 is 2.84 bits per heavy atom. The van der Waals surface area contributed by atoms with E-state index >= 15 is 0 Å². The van der Waals surface area contributed by atoms with Gasteiger partial charge in [0.1, 0.15) is 11.4 Å². The van der Waals surface area contributed by atoms with Gasteiger partial charge in [-0.2, -0.15) is 5.10 Å². The molecule has 2 heterocycles. The molecule has 128 valence electrons. The van der Waals surface area contributed by atoms with E-state index in [1.165, 1.54) is 29.1 Å². The van der Waals surface area contributed by atoms with Gasteiger partial charge in [-0.25, -0.2) is 17.5 Å². The van der Waals surface area contributed by atoms with Crippen LogP contribution < -0.4 is 9.46 Å². The SMILES string of the molecule is O=S(=O)(Nc1ccc(-n2cccn2)c(F)c1)c1ccc2c(c1)CCO2. The Labute approximate surface area is 143 Å². The summed E-state index contributed by atoms with van der Waals surface area (Å²) in [5.41, 5.74) is 1.23. The van der Waals surface area contributed by atoms with Crippen LogP contribution in [0.3, 0.4) is 0 Å². The van der Waals surface area contributed by atoms with Gasteiger partial charge in [-0.15, -0.1) is 0 Å². The van der Waals surface area contributed by atoms with Gasteiger partial charge in [0.05, 0.1) is 17.2 Å². The third-order valence-electron chi connectivity index (χ3n) is 3.92. The molecule has 3 aromatic rings. The van der Waals surface area contributed by atoms with Gasteiger partial charge in [-0.1, -0.05) is 0 Å². The van der Waals surface area contributed by atoms with Crippen molar-refractivity contribution in [1.82, 2.24) is 9.78 Å². The Morgan fingerprint density at radius 2 is 2.08 bits per heavy atom. The highest BCUT2D eigenvalue weighted by molar-refractivity contribution is 7.92. The number of rotatable bonds is 4. The number of hydrogen-bond acceptors (Lipinski definition) is 4. The Balaban J connectivity index is 1.62. The molecule has 25 heavy (non-hydrogen) atoms. The molecule has 0 aliphatic carbocycles. The van der Waals surface area contributed by atoms with Crippen molar-refractivity contribution in [2.75, 3.05) is 11.3 Å². The van der Waals surface area contributed by atoms with Crippen molar-refractivity contribution in [2.24, 2.45) is 0 Å². The number of sulfonamides is 1. The molecule has 0 amide bonds. The van der Waals surface area contributed by atoms with Gasteiger partial charge in [0.25, 0.3) is 10.0 Å². The van der Waals surface area contributed by atoms with E-state index in [0.717, 1.165) is 11.6 Å². The topological polar surface area (TPSA) is 73.2 Å². The molecule has 0 spiro atoms. The number of benzene rings is 2. The van der Waals surface area contributed by atoms with E-state index in [0.29, 0.717) is 18.8 Å². The summed E-state index contributed by atoms with van der Waals surface area (Å²) in [4.78, 5) is 0.119. The zero-order valence-electron chi connectivity index (χ0n) is 13.0. The number of hydrogen-bond donors (Lipinski definition) is 1. The molecule has 6 nitrogen and oxygen atoms in total. The van der Waals surface area contributed by atoms with Crippen LogP contribution in [-0.2, 0) is 16.4 Å². The summed E-state index contributed by atoms with van der Waals surface area (Å²) in [7, 11) is -3.81. The predicted molar refractivity (Wildman–Crippen MR) is 90.0 cm³/mol. The normalized spacial score (nSPS) is 13.3. The van der Waals surface area contributed by atoms with Crippen LogP contribution in [0, 0.1) is 5.82 Å². The standard InChI is InChI=1S/C17H14FN3O3S/c18-15-11-13(2-4-16(15)21-8-1-7-19-21)20-25(22,23)14-3-5-17-12(10-14)6-9-24-17/h1-5,7-8,10-11,20H,6,9H2. The molecule has 0 fully saturated rings. The molecule has 0 bridgehead atoms. The van der Waals surface area contributed by atoms with Gasteiger partial charge in [0.2, 0.25) is 0 Å². The number of aromatic nitrogens is 2. The highest BCUT2D eigenvalue weighted by Crippen LogP contribution is 2.28. The number of anilines is 1. The van der Waals surface area contributed by atoms with Crippen molar-refractivity contribution in [3.05, 3.63) is 66.2 Å². The second kappa shape index (κ2) is 5.89. The largest absolute Gasteiger partial charge is 0.493 e. The van der Waals surface area contributed by atoms with Crippen LogP contribution in [0.2, 0.25) is 0 Å². The van der Waals surface area contributed by atoms with Crippen LogP contribution in [0.25, 0.3) is 5.69 Å². The van der Waals surface area contributed by atoms with E-state index in [4.69, 9.17) is 4.74 Å². The molecule has 8 heteroatoms. The summed E-state index contributed by atoms with van der Waals surface area (Å²) in [5.74, 6) is 0.125. The van der Waals surface area contributed by atoms with Gasteiger partial charge >= 0.3 is 0 Å². The van der Waals surface area contributed by atoms with Crippen LogP contribution in [0.15, 0.2) is 59.8 Å². The quantitative estimate of drug-likeness (QED) is 0.777. The first-order chi connectivity index (χ1) is 12.0. The second-order valence-corrected chi connectivity index (χ2v) is 7.27. The molecule has 2 aromatic carbocycles. The van der Waals surface area contributed by atoms with Crippen molar-refractivity contribution in [2.45, 2.75) is 11.3 Å². The average Bonchev–Trinajstić information content (AvgIpc) is 3.25. The van der Waals surface area contributed by atoms with Crippen molar-refractivity contribution in [3.8, 4) is 11.4 Å². The summed E-state index contributed by atoms with van der Waals surface area (Å²) in [6.45, 7) is 0.548. The van der Waals surface area contributed by atoms with E-state index in [1.807, 2.05) is 0 Å². The van der Waals surface area contributed by atoms with Gasteiger partial charge < -0.3 is 4.74 Å². The van der Waals surface area contributed by atoms with Crippen molar-refractivity contribution in [1.29, 1.82) is 0 Å². The van der Waals surface area contributed by atoms with Crippen LogP contribution in [-0.4, -0.2) is 24.8 Å². The molecule has 0 unspecified atom stereocenters. The minimum absolute atomic E-state index is 0.119. The summed E-state index contributed by atoms with van der Waals surface area (Å²) in [6, 6.07) is 10.5. The van der Waals surface area contributed by atoms with Crippen molar-refractivity contribution < 1.29 is 17.5 Å². The first-order valence-corrected chi connectivity index (χ1v) is 9.09. The molecule has 0 saturated carbocycles. The minimum atomic E-state index is -3.81. The molecule has 1 N–H and O–H groups in total. The average molecular weight is 359 g/mol. The highest BCUT2D eigenvalue weighted by Gasteiger charge is 2.20. The van der Waals surface area contributed by atoms with Gasteiger partial charge in [-0.05, 0) is 42.0 Å². The lowest BCUT2D eigenvalue weighted by atomic mass is 10.2. The molecule has 0 radical (unpaired) electrons. The molecule has 1 aromatic heterocycles. The maximum Gasteiger partial charge on any atom is 0.261 e. The second-order valence-electron chi connectivity index (χ2n) is 5.59. The lowest BCUT2D eigenvalue weighted by Crippen LogP contribution is -2.13. The summed E-state index contributed by atoms with van der Waals surface area (Å²) < 4.78 is 48.5. The van der Waals surface area contributed by atoms with Crippen LogP contribution in [0.4, 0.5) is 10.1 Å². The van der Waals surface area contributed by atoms with Crippen LogP contribution in [0.5, 0.6) is 5.75 Å². The fourth-order valence-electron chi connectivity index (χ4n) is 2.71. The number of nitrogens with one attached hydrogen (secondary N) is 1. The smallest absolute Gasteiger partial charge is 0.261 e. The number of fused-ring (bicyclic) bond motifs is 1. The maximum atomic E-state index is 14.3. The fraction of sp³-hybridized carbons (Fsp3) is 0.118. The molecular weight excluding hydrogens is 345 g/mol. The number of nitrogens with zero attached hydrogens (tertiary/aromatic N) is 2. The van der Waals surface area contributed by atoms with E-state index in [-0.39, 0.29) is 16.3 Å². The van der Waals surface area contributed by atoms with E-state index in [2.05, 4.69) is 9.82 Å². The number of ether oxygens (including phenoxy) is 1. The fourth-order valence-corrected chi connectivity index (χ4v) is 3.81. The molecule has 1 aliphatic heterocycles. The van der Waals surface area contributed by atoms with E-state index in [9.17, 15) is 12.8 Å². The molecular formula is C17H14FN3O3S. The Bertz CT molecular complexity index is 1030. The predicted octanol–water partition coefficient (Wildman–Crippen LogP) is 2.75. The van der Waals surface area contributed by atoms with Crippen molar-refractivity contribution in [3.63, 3.8) is 0 Å². The molecule has 0 atom stereocenters. The zero-order chi connectivity index (χ0) is 17.4. The van der Waals surface area contributed by atoms with Gasteiger partial charge in [0.15, 0.2) is 5.82 Å². The third kappa shape index (κ3) is 2.96. The summed E-state index contributed by atoms with van der Waals surface area (Å²) in [5, 5.41) is 3.96. The number of halogens is 1. The van der Waals surface area contributed by atoms with Gasteiger partial charge in [0, 0.05) is 24.9 Å². The highest BCUT2D eigenvalue weighted by atomic mass is 32.2. The third-order valence-corrected chi connectivity index (χ3v) is 5.30. The monoisotopic (exact) mass is 359 g/mol. The first kappa shape index (κ1) is 15.6. The lowest BCUT2D eigenvalue weighted by Gasteiger charge is -2.11. The first-order valence-electron chi connectivity index (χ1n) is 7.61. The molecule has 0 saturated heterocycles. The summed E-state index contributed by atoms with van der Waals surface area (Å²) >= 11 is 0. The van der Waals surface area contributed by atoms with E-state index in [1.54, 1.807) is 24.4 Å². The van der Waals surface area contributed by atoms with Crippen molar-refractivity contribution >= 4 is 15.7 Å². The summed E-state index contributed by atoms with van der Waals surface area (Å²) in [6.07, 6.45) is 3.81. The van der Waals surface area contributed by atoms with Gasteiger partial charge in [-0.3, -0.25) is 4.72 Å². The van der Waals surface area contributed by atoms with Crippen LogP contribution in [0.1, 0.15) is 5.56 Å². The van der Waals surface area contributed by atoms with Crippen LogP contribution >= 0.6 is 0 Å². The Hall–Kier alpha value is -2.87.